The largest absolute Gasteiger partial charge is 0.482 e. The summed E-state index contributed by atoms with van der Waals surface area (Å²) in [6, 6.07) is 21.6. The SMILES string of the molecule is Cc1ccc(C)c(NC(=O)COc2ccc(C3C4=C(CC(C)(C)CC4=O)N(Cc4ccccc4)C4=C3C(=O)CC(C)(C)C4)cc2Cl)c1. The van der Waals surface area contributed by atoms with Gasteiger partial charge < -0.3 is 15.0 Å². The van der Waals surface area contributed by atoms with Crippen molar-refractivity contribution in [1.82, 2.24) is 4.90 Å². The standard InChI is InChI=1S/C40H43ClN2O4/c1-24-12-13-25(2)29(16-24)42-35(46)23-47-34-15-14-27(17-28(34)41)36-37-30(18-39(3,4)20-32(37)44)43(22-26-10-8-7-9-11-26)31-19-40(5,6)21-33(45)38(31)36/h7-17,36H,18-23H2,1-6H3,(H,42,46). The minimum atomic E-state index is -0.515. The molecule has 0 aromatic heterocycles. The van der Waals surface area contributed by atoms with Gasteiger partial charge in [-0.1, -0.05) is 87.8 Å². The lowest BCUT2D eigenvalue weighted by molar-refractivity contribution is -0.120. The van der Waals surface area contributed by atoms with Crippen molar-refractivity contribution in [3.05, 3.63) is 117 Å². The average Bonchev–Trinajstić information content (AvgIpc) is 2.98. The van der Waals surface area contributed by atoms with E-state index in [0.29, 0.717) is 41.3 Å². The summed E-state index contributed by atoms with van der Waals surface area (Å²) in [6.07, 6.45) is 2.28. The summed E-state index contributed by atoms with van der Waals surface area (Å²) in [5.41, 5.74) is 7.64. The van der Waals surface area contributed by atoms with E-state index in [0.717, 1.165) is 52.2 Å². The topological polar surface area (TPSA) is 75.7 Å². The van der Waals surface area contributed by atoms with E-state index in [1.54, 1.807) is 12.1 Å². The Morgan fingerprint density at radius 2 is 1.47 bits per heavy atom. The zero-order valence-corrected chi connectivity index (χ0v) is 28.9. The predicted octanol–water partition coefficient (Wildman–Crippen LogP) is 8.86. The molecule has 3 aromatic carbocycles. The first-order valence-electron chi connectivity index (χ1n) is 16.3. The van der Waals surface area contributed by atoms with E-state index in [2.05, 4.69) is 50.0 Å². The van der Waals surface area contributed by atoms with Gasteiger partial charge in [0.15, 0.2) is 18.2 Å². The number of nitrogens with zero attached hydrogens (tertiary/aromatic N) is 1. The van der Waals surface area contributed by atoms with Crippen LogP contribution < -0.4 is 10.1 Å². The third-order valence-corrected chi connectivity index (χ3v) is 9.82. The highest BCUT2D eigenvalue weighted by molar-refractivity contribution is 6.32. The van der Waals surface area contributed by atoms with Gasteiger partial charge in [-0.3, -0.25) is 14.4 Å². The maximum absolute atomic E-state index is 14.1. The van der Waals surface area contributed by atoms with Gasteiger partial charge in [-0.15, -0.1) is 0 Å². The van der Waals surface area contributed by atoms with E-state index in [4.69, 9.17) is 16.3 Å². The number of hydrogen-bond donors (Lipinski definition) is 1. The van der Waals surface area contributed by atoms with Crippen LogP contribution in [0.4, 0.5) is 5.69 Å². The molecule has 1 aliphatic heterocycles. The third-order valence-electron chi connectivity index (χ3n) is 9.52. The Balaban J connectivity index is 1.37. The maximum atomic E-state index is 14.1. The first-order valence-corrected chi connectivity index (χ1v) is 16.7. The minimum Gasteiger partial charge on any atom is -0.482 e. The number of amides is 1. The normalized spacial score (nSPS) is 19.0. The van der Waals surface area contributed by atoms with Gasteiger partial charge in [0, 0.05) is 53.5 Å². The molecule has 7 heteroatoms. The van der Waals surface area contributed by atoms with Gasteiger partial charge in [0.1, 0.15) is 5.75 Å². The number of halogens is 1. The van der Waals surface area contributed by atoms with Crippen molar-refractivity contribution in [3.63, 3.8) is 0 Å². The Morgan fingerprint density at radius 3 is 2.06 bits per heavy atom. The zero-order valence-electron chi connectivity index (χ0n) is 28.1. The summed E-state index contributed by atoms with van der Waals surface area (Å²) >= 11 is 6.82. The number of carbonyl (C=O) groups excluding carboxylic acids is 3. The van der Waals surface area contributed by atoms with Crippen LogP contribution in [0.5, 0.6) is 5.75 Å². The second-order valence-corrected chi connectivity index (χ2v) is 15.4. The predicted molar refractivity (Wildman–Crippen MR) is 186 cm³/mol. The molecular formula is C40H43ClN2O4. The molecule has 0 spiro atoms. The number of benzene rings is 3. The zero-order chi connectivity index (χ0) is 33.7. The molecule has 6 rings (SSSR count). The molecule has 244 valence electrons. The van der Waals surface area contributed by atoms with Gasteiger partial charge in [0.2, 0.25) is 0 Å². The Hall–Kier alpha value is -4.16. The van der Waals surface area contributed by atoms with E-state index in [1.807, 2.05) is 56.3 Å². The number of Topliss-reactive ketones (excluding diaryl/α,β-unsaturated/α-hetero) is 2. The van der Waals surface area contributed by atoms with Crippen LogP contribution in [0.3, 0.4) is 0 Å². The van der Waals surface area contributed by atoms with Crippen LogP contribution in [0, 0.1) is 24.7 Å². The van der Waals surface area contributed by atoms with Gasteiger partial charge in [-0.2, -0.15) is 0 Å². The van der Waals surface area contributed by atoms with Crippen LogP contribution >= 0.6 is 11.6 Å². The van der Waals surface area contributed by atoms with Crippen molar-refractivity contribution in [2.24, 2.45) is 10.8 Å². The Morgan fingerprint density at radius 1 is 0.851 bits per heavy atom. The van der Waals surface area contributed by atoms with Crippen molar-refractivity contribution in [3.8, 4) is 5.75 Å². The molecule has 0 unspecified atom stereocenters. The average molecular weight is 651 g/mol. The molecule has 2 aliphatic carbocycles. The summed E-state index contributed by atoms with van der Waals surface area (Å²) in [5, 5.41) is 3.24. The van der Waals surface area contributed by atoms with Crippen LogP contribution in [0.25, 0.3) is 0 Å². The van der Waals surface area contributed by atoms with E-state index in [1.165, 1.54) is 0 Å². The monoisotopic (exact) mass is 650 g/mol. The molecule has 1 amide bonds. The number of carbonyl (C=O) groups is 3. The quantitative estimate of drug-likeness (QED) is 0.276. The van der Waals surface area contributed by atoms with Gasteiger partial charge in [-0.25, -0.2) is 0 Å². The van der Waals surface area contributed by atoms with Crippen molar-refractivity contribution in [1.29, 1.82) is 0 Å². The highest BCUT2D eigenvalue weighted by Crippen LogP contribution is 2.55. The first kappa shape index (κ1) is 32.8. The molecule has 47 heavy (non-hydrogen) atoms. The van der Waals surface area contributed by atoms with E-state index < -0.39 is 5.92 Å². The second-order valence-electron chi connectivity index (χ2n) is 15.0. The maximum Gasteiger partial charge on any atom is 0.262 e. The minimum absolute atomic E-state index is 0.0723. The molecule has 0 bridgehead atoms. The van der Waals surface area contributed by atoms with Gasteiger partial charge in [0.05, 0.1) is 5.02 Å². The lowest BCUT2D eigenvalue weighted by atomic mass is 9.63. The number of nitrogens with one attached hydrogen (secondary N) is 1. The van der Waals surface area contributed by atoms with Crippen molar-refractivity contribution < 1.29 is 19.1 Å². The third kappa shape index (κ3) is 6.80. The molecule has 1 heterocycles. The van der Waals surface area contributed by atoms with Crippen molar-refractivity contribution in [2.45, 2.75) is 79.7 Å². The number of ketones is 2. The number of allylic oxidation sites excluding steroid dienone is 4. The second kappa shape index (κ2) is 12.5. The molecular weight excluding hydrogens is 608 g/mol. The molecule has 0 radical (unpaired) electrons. The summed E-state index contributed by atoms with van der Waals surface area (Å²) in [5.74, 6) is -0.298. The summed E-state index contributed by atoms with van der Waals surface area (Å²) in [4.78, 5) is 43.3. The van der Waals surface area contributed by atoms with E-state index in [9.17, 15) is 14.4 Å². The van der Waals surface area contributed by atoms with Gasteiger partial charge >= 0.3 is 0 Å². The summed E-state index contributed by atoms with van der Waals surface area (Å²) in [6.45, 7) is 12.9. The van der Waals surface area contributed by atoms with Crippen LogP contribution in [-0.2, 0) is 20.9 Å². The summed E-state index contributed by atoms with van der Waals surface area (Å²) < 4.78 is 5.87. The first-order chi connectivity index (χ1) is 22.2. The van der Waals surface area contributed by atoms with Crippen LogP contribution in [0.15, 0.2) is 89.3 Å². The Labute approximate surface area is 282 Å². The lowest BCUT2D eigenvalue weighted by Gasteiger charge is -2.49. The molecule has 0 fully saturated rings. The van der Waals surface area contributed by atoms with Crippen molar-refractivity contribution in [2.75, 3.05) is 11.9 Å². The number of aryl methyl sites for hydroxylation is 2. The fraction of sp³-hybridized carbons (Fsp3) is 0.375. The molecule has 0 saturated heterocycles. The van der Waals surface area contributed by atoms with E-state index in [-0.39, 0.29) is 34.9 Å². The summed E-state index contributed by atoms with van der Waals surface area (Å²) in [7, 11) is 0. The number of anilines is 1. The Kier molecular flexibility index (Phi) is 8.69. The molecule has 3 aliphatic rings. The molecule has 0 atom stereocenters. The van der Waals surface area contributed by atoms with Crippen LogP contribution in [-0.4, -0.2) is 29.0 Å². The van der Waals surface area contributed by atoms with Crippen molar-refractivity contribution >= 4 is 34.8 Å². The van der Waals surface area contributed by atoms with Crippen LogP contribution in [0.1, 0.15) is 81.5 Å². The molecule has 3 aromatic rings. The highest BCUT2D eigenvalue weighted by atomic mass is 35.5. The number of rotatable bonds is 7. The molecule has 0 saturated carbocycles. The fourth-order valence-corrected chi connectivity index (χ4v) is 7.60. The number of hydrogen-bond acceptors (Lipinski definition) is 5. The highest BCUT2D eigenvalue weighted by Gasteiger charge is 2.49. The van der Waals surface area contributed by atoms with Gasteiger partial charge in [0.25, 0.3) is 5.91 Å². The van der Waals surface area contributed by atoms with Gasteiger partial charge in [-0.05, 0) is 78.0 Å². The lowest BCUT2D eigenvalue weighted by Crippen LogP contribution is -2.44. The molecule has 6 nitrogen and oxygen atoms in total. The Bertz CT molecular complexity index is 1780. The molecule has 1 N–H and O–H groups in total. The van der Waals surface area contributed by atoms with Crippen LogP contribution in [0.2, 0.25) is 5.02 Å². The van der Waals surface area contributed by atoms with E-state index >= 15 is 0 Å². The smallest absolute Gasteiger partial charge is 0.262 e. The number of ether oxygens (including phenoxy) is 1. The fourth-order valence-electron chi connectivity index (χ4n) is 7.35.